The Bertz CT molecular complexity index is 361. The van der Waals surface area contributed by atoms with Crippen LogP contribution in [0.5, 0.6) is 0 Å². The fourth-order valence-electron chi connectivity index (χ4n) is 1.34. The summed E-state index contributed by atoms with van der Waals surface area (Å²) in [4.78, 5) is 13.0. The molecule has 0 saturated heterocycles. The Kier molecular flexibility index (Phi) is 5.56. The summed E-state index contributed by atoms with van der Waals surface area (Å²) in [5.74, 6) is 0.116. The first-order valence-electron chi connectivity index (χ1n) is 6.06. The minimum absolute atomic E-state index is 0.0493. The quantitative estimate of drug-likeness (QED) is 0.813. The van der Waals surface area contributed by atoms with E-state index in [1.54, 1.807) is 11.8 Å². The molecule has 3 heteroatoms. The molecule has 1 rings (SSSR count). The zero-order valence-corrected chi connectivity index (χ0v) is 11.8. The predicted molar refractivity (Wildman–Crippen MR) is 74.4 cm³/mol. The van der Waals surface area contributed by atoms with Crippen LogP contribution in [-0.2, 0) is 4.79 Å². The first kappa shape index (κ1) is 14.1. The number of hydrogen-bond acceptors (Lipinski definition) is 2. The Hall–Kier alpha value is -0.960. The van der Waals surface area contributed by atoms with Crippen LogP contribution in [0.3, 0.4) is 0 Å². The Balaban J connectivity index is 2.51. The van der Waals surface area contributed by atoms with Gasteiger partial charge >= 0.3 is 0 Å². The number of carbonyl (C=O) groups is 1. The van der Waals surface area contributed by atoms with E-state index in [1.807, 2.05) is 13.8 Å². The summed E-state index contributed by atoms with van der Waals surface area (Å²) in [5.41, 5.74) is 1.24. The van der Waals surface area contributed by atoms with Crippen LogP contribution in [-0.4, -0.2) is 17.2 Å². The number of carbonyl (C=O) groups excluding carboxylic acids is 1. The van der Waals surface area contributed by atoms with Gasteiger partial charge in [0.1, 0.15) is 0 Å². The summed E-state index contributed by atoms with van der Waals surface area (Å²) in [6.07, 6.45) is 0.966. The lowest BCUT2D eigenvalue weighted by atomic mass is 10.2. The van der Waals surface area contributed by atoms with Gasteiger partial charge in [-0.2, -0.15) is 0 Å². The van der Waals surface area contributed by atoms with Crippen molar-refractivity contribution < 1.29 is 4.79 Å². The van der Waals surface area contributed by atoms with Crippen LogP contribution in [0.25, 0.3) is 0 Å². The molecular weight excluding hydrogens is 230 g/mol. The second kappa shape index (κ2) is 6.70. The minimum Gasteiger partial charge on any atom is -0.353 e. The van der Waals surface area contributed by atoms with Gasteiger partial charge in [0.2, 0.25) is 5.91 Å². The summed E-state index contributed by atoms with van der Waals surface area (Å²) >= 11 is 1.60. The molecule has 2 nitrogen and oxygen atoms in total. The molecular formula is C14H21NOS. The van der Waals surface area contributed by atoms with Crippen LogP contribution < -0.4 is 5.32 Å². The van der Waals surface area contributed by atoms with E-state index in [0.717, 1.165) is 11.3 Å². The van der Waals surface area contributed by atoms with Gasteiger partial charge in [-0.15, -0.1) is 11.8 Å². The zero-order valence-electron chi connectivity index (χ0n) is 11.0. The minimum atomic E-state index is -0.0493. The van der Waals surface area contributed by atoms with E-state index in [9.17, 15) is 4.79 Å². The summed E-state index contributed by atoms with van der Waals surface area (Å²) in [7, 11) is 0. The van der Waals surface area contributed by atoms with Crippen LogP contribution in [0.1, 0.15) is 32.8 Å². The second-order valence-corrected chi connectivity index (χ2v) is 5.81. The number of rotatable bonds is 5. The molecule has 0 aliphatic carbocycles. The Morgan fingerprint density at radius 3 is 2.41 bits per heavy atom. The molecule has 0 spiro atoms. The Morgan fingerprint density at radius 1 is 1.29 bits per heavy atom. The molecule has 0 fully saturated rings. The van der Waals surface area contributed by atoms with E-state index < -0.39 is 0 Å². The van der Waals surface area contributed by atoms with Crippen molar-refractivity contribution in [1.82, 2.24) is 5.32 Å². The SMILES string of the molecule is CC[C@H](C)NC(=O)[C@H](C)Sc1ccc(C)cc1. The third kappa shape index (κ3) is 4.82. The van der Waals surface area contributed by atoms with Crippen LogP contribution in [0.4, 0.5) is 0 Å². The Morgan fingerprint density at radius 2 is 1.88 bits per heavy atom. The molecule has 0 heterocycles. The van der Waals surface area contributed by atoms with E-state index in [2.05, 4.69) is 43.4 Å². The lowest BCUT2D eigenvalue weighted by Gasteiger charge is -2.16. The van der Waals surface area contributed by atoms with Gasteiger partial charge in [-0.05, 0) is 39.3 Å². The fourth-order valence-corrected chi connectivity index (χ4v) is 2.21. The number of hydrogen-bond donors (Lipinski definition) is 1. The van der Waals surface area contributed by atoms with Gasteiger partial charge in [0.25, 0.3) is 0 Å². The van der Waals surface area contributed by atoms with Crippen molar-refractivity contribution in [1.29, 1.82) is 0 Å². The summed E-state index contributed by atoms with van der Waals surface area (Å²) in [5, 5.41) is 2.95. The van der Waals surface area contributed by atoms with Crippen molar-refractivity contribution in [2.45, 2.75) is 50.3 Å². The highest BCUT2D eigenvalue weighted by atomic mass is 32.2. The molecule has 0 aliphatic heterocycles. The molecule has 17 heavy (non-hydrogen) atoms. The maximum absolute atomic E-state index is 11.9. The van der Waals surface area contributed by atoms with Crippen molar-refractivity contribution in [3.05, 3.63) is 29.8 Å². The molecule has 94 valence electrons. The highest BCUT2D eigenvalue weighted by Crippen LogP contribution is 2.23. The zero-order chi connectivity index (χ0) is 12.8. The molecule has 1 aromatic carbocycles. The number of benzene rings is 1. The number of thioether (sulfide) groups is 1. The highest BCUT2D eigenvalue weighted by molar-refractivity contribution is 8.00. The average Bonchev–Trinajstić information content (AvgIpc) is 2.31. The number of aryl methyl sites for hydroxylation is 1. The molecule has 2 atom stereocenters. The van der Waals surface area contributed by atoms with Gasteiger partial charge < -0.3 is 5.32 Å². The molecule has 0 saturated carbocycles. The molecule has 0 aliphatic rings. The summed E-state index contributed by atoms with van der Waals surface area (Å²) in [6.45, 7) is 8.11. The van der Waals surface area contributed by atoms with E-state index in [1.165, 1.54) is 5.56 Å². The molecule has 1 amide bonds. The van der Waals surface area contributed by atoms with E-state index in [0.29, 0.717) is 0 Å². The summed E-state index contributed by atoms with van der Waals surface area (Å²) in [6, 6.07) is 8.52. The van der Waals surface area contributed by atoms with Crippen molar-refractivity contribution in [2.24, 2.45) is 0 Å². The fraction of sp³-hybridized carbons (Fsp3) is 0.500. The summed E-state index contributed by atoms with van der Waals surface area (Å²) < 4.78 is 0. The largest absolute Gasteiger partial charge is 0.353 e. The van der Waals surface area contributed by atoms with Gasteiger partial charge in [-0.3, -0.25) is 4.79 Å². The maximum atomic E-state index is 11.9. The first-order valence-corrected chi connectivity index (χ1v) is 6.94. The van der Waals surface area contributed by atoms with Crippen molar-refractivity contribution in [2.75, 3.05) is 0 Å². The third-order valence-corrected chi connectivity index (χ3v) is 3.82. The van der Waals surface area contributed by atoms with Gasteiger partial charge in [-0.25, -0.2) is 0 Å². The van der Waals surface area contributed by atoms with Crippen LogP contribution >= 0.6 is 11.8 Å². The molecule has 1 N–H and O–H groups in total. The van der Waals surface area contributed by atoms with Crippen molar-refractivity contribution >= 4 is 17.7 Å². The predicted octanol–water partition coefficient (Wildman–Crippen LogP) is 3.39. The average molecular weight is 251 g/mol. The van der Waals surface area contributed by atoms with E-state index in [-0.39, 0.29) is 17.2 Å². The van der Waals surface area contributed by atoms with Gasteiger partial charge in [0.15, 0.2) is 0 Å². The third-order valence-electron chi connectivity index (χ3n) is 2.70. The monoisotopic (exact) mass is 251 g/mol. The second-order valence-electron chi connectivity index (χ2n) is 4.39. The first-order chi connectivity index (χ1) is 8.02. The molecule has 0 radical (unpaired) electrons. The highest BCUT2D eigenvalue weighted by Gasteiger charge is 2.15. The molecule has 0 bridgehead atoms. The van der Waals surface area contributed by atoms with Gasteiger partial charge in [0, 0.05) is 10.9 Å². The van der Waals surface area contributed by atoms with Gasteiger partial charge in [0.05, 0.1) is 5.25 Å². The topological polar surface area (TPSA) is 29.1 Å². The van der Waals surface area contributed by atoms with Crippen LogP contribution in [0.15, 0.2) is 29.2 Å². The molecule has 0 unspecified atom stereocenters. The lowest BCUT2D eigenvalue weighted by Crippen LogP contribution is -2.37. The smallest absolute Gasteiger partial charge is 0.233 e. The van der Waals surface area contributed by atoms with Crippen LogP contribution in [0, 0.1) is 6.92 Å². The molecule has 0 aromatic heterocycles. The van der Waals surface area contributed by atoms with Crippen molar-refractivity contribution in [3.63, 3.8) is 0 Å². The van der Waals surface area contributed by atoms with E-state index >= 15 is 0 Å². The number of amides is 1. The van der Waals surface area contributed by atoms with Crippen molar-refractivity contribution in [3.8, 4) is 0 Å². The molecule has 1 aromatic rings. The normalized spacial score (nSPS) is 14.1. The standard InChI is InChI=1S/C14H21NOS/c1-5-11(3)15-14(16)12(4)17-13-8-6-10(2)7-9-13/h6-9,11-12H,5H2,1-4H3,(H,15,16)/t11-,12-/m0/s1. The van der Waals surface area contributed by atoms with Crippen LogP contribution in [0.2, 0.25) is 0 Å². The Labute approximate surface area is 108 Å². The maximum Gasteiger partial charge on any atom is 0.233 e. The number of nitrogens with one attached hydrogen (secondary N) is 1. The lowest BCUT2D eigenvalue weighted by molar-refractivity contribution is -0.120. The van der Waals surface area contributed by atoms with Gasteiger partial charge in [-0.1, -0.05) is 24.6 Å². The van der Waals surface area contributed by atoms with E-state index in [4.69, 9.17) is 0 Å².